The summed E-state index contributed by atoms with van der Waals surface area (Å²) < 4.78 is 22.2. The zero-order valence-electron chi connectivity index (χ0n) is 18.2. The van der Waals surface area contributed by atoms with Crippen molar-refractivity contribution in [1.82, 2.24) is 14.4 Å². The molecule has 1 unspecified atom stereocenters. The number of halogens is 1. The molecule has 0 aliphatic carbocycles. The lowest BCUT2D eigenvalue weighted by Gasteiger charge is -2.33. The van der Waals surface area contributed by atoms with Crippen LogP contribution in [-0.2, 0) is 6.42 Å². The van der Waals surface area contributed by atoms with Crippen LogP contribution in [0.3, 0.4) is 0 Å². The summed E-state index contributed by atoms with van der Waals surface area (Å²) >= 11 is 1.92. The number of piperidine rings is 1. The van der Waals surface area contributed by atoms with Crippen molar-refractivity contribution in [2.75, 3.05) is 31.1 Å². The number of benzene rings is 2. The van der Waals surface area contributed by atoms with E-state index in [-0.39, 0.29) is 5.82 Å². The number of hydrogen-bond acceptors (Lipinski definition) is 6. The number of rotatable bonds is 6. The zero-order chi connectivity index (χ0) is 21.8. The van der Waals surface area contributed by atoms with Gasteiger partial charge in [-0.25, -0.2) is 8.70 Å². The molecule has 1 aromatic heterocycles. The van der Waals surface area contributed by atoms with Crippen LogP contribution in [0.5, 0.6) is 0 Å². The molecule has 1 atom stereocenters. The maximum absolute atomic E-state index is 14.9. The third-order valence-electron chi connectivity index (χ3n) is 6.59. The van der Waals surface area contributed by atoms with E-state index in [0.717, 1.165) is 62.5 Å². The van der Waals surface area contributed by atoms with Crippen molar-refractivity contribution in [2.24, 2.45) is 0 Å². The van der Waals surface area contributed by atoms with Crippen LogP contribution in [0, 0.1) is 5.82 Å². The molecule has 168 valence electrons. The number of aromatic nitrogens is 2. The summed E-state index contributed by atoms with van der Waals surface area (Å²) in [4.78, 5) is 6.44. The lowest BCUT2D eigenvalue weighted by Crippen LogP contribution is -2.33. The zero-order valence-corrected chi connectivity index (χ0v) is 19.0. The molecule has 0 bridgehead atoms. The molecule has 3 heterocycles. The molecule has 32 heavy (non-hydrogen) atoms. The SMILES string of the molecule is Fc1cc(N2CCC(c3ncon3)CC2)ccc1CCN1CCCC(c2ccccc2)S1. The first-order chi connectivity index (χ1) is 15.8. The summed E-state index contributed by atoms with van der Waals surface area (Å²) in [5.41, 5.74) is 3.16. The third-order valence-corrected chi connectivity index (χ3v) is 8.02. The second-order valence-electron chi connectivity index (χ2n) is 8.65. The van der Waals surface area contributed by atoms with Crippen LogP contribution in [0.2, 0.25) is 0 Å². The van der Waals surface area contributed by atoms with E-state index in [9.17, 15) is 4.39 Å². The second-order valence-corrected chi connectivity index (χ2v) is 9.95. The Morgan fingerprint density at radius 2 is 1.88 bits per heavy atom. The van der Waals surface area contributed by atoms with Gasteiger partial charge in [-0.15, -0.1) is 0 Å². The Labute approximate surface area is 193 Å². The quantitative estimate of drug-likeness (QED) is 0.452. The molecule has 2 fully saturated rings. The van der Waals surface area contributed by atoms with Crippen LogP contribution in [0.4, 0.5) is 10.1 Å². The van der Waals surface area contributed by atoms with Gasteiger partial charge >= 0.3 is 0 Å². The van der Waals surface area contributed by atoms with Gasteiger partial charge in [-0.1, -0.05) is 53.5 Å². The Morgan fingerprint density at radius 1 is 1.03 bits per heavy atom. The molecule has 0 radical (unpaired) electrons. The Balaban J connectivity index is 1.15. The highest BCUT2D eigenvalue weighted by Gasteiger charge is 2.25. The van der Waals surface area contributed by atoms with Gasteiger partial charge in [0, 0.05) is 43.0 Å². The normalized spacial score (nSPS) is 20.5. The maximum Gasteiger partial charge on any atom is 0.213 e. The molecule has 2 aliphatic rings. The van der Waals surface area contributed by atoms with Crippen molar-refractivity contribution in [3.05, 3.63) is 77.7 Å². The number of nitrogens with zero attached hydrogens (tertiary/aromatic N) is 4. The van der Waals surface area contributed by atoms with Gasteiger partial charge in [0.15, 0.2) is 5.82 Å². The predicted molar refractivity (Wildman–Crippen MR) is 126 cm³/mol. The van der Waals surface area contributed by atoms with E-state index in [1.54, 1.807) is 6.07 Å². The first-order valence-corrected chi connectivity index (χ1v) is 12.4. The number of anilines is 1. The monoisotopic (exact) mass is 452 g/mol. The minimum atomic E-state index is -0.0931. The van der Waals surface area contributed by atoms with E-state index < -0.39 is 0 Å². The van der Waals surface area contributed by atoms with Crippen LogP contribution in [-0.4, -0.2) is 40.6 Å². The fraction of sp³-hybridized carbons (Fsp3) is 0.440. The largest absolute Gasteiger partial charge is 0.371 e. The summed E-state index contributed by atoms with van der Waals surface area (Å²) in [6.07, 6.45) is 6.43. The minimum Gasteiger partial charge on any atom is -0.371 e. The summed E-state index contributed by atoms with van der Waals surface area (Å²) in [6.45, 7) is 3.70. The van der Waals surface area contributed by atoms with Crippen molar-refractivity contribution in [1.29, 1.82) is 0 Å². The molecule has 5 nitrogen and oxygen atoms in total. The molecule has 7 heteroatoms. The van der Waals surface area contributed by atoms with E-state index in [2.05, 4.69) is 55.7 Å². The molecule has 0 amide bonds. The van der Waals surface area contributed by atoms with Gasteiger partial charge in [0.1, 0.15) is 5.82 Å². The molecule has 0 N–H and O–H groups in total. The molecule has 3 aromatic rings. The fourth-order valence-corrected chi connectivity index (χ4v) is 6.08. The van der Waals surface area contributed by atoms with Crippen LogP contribution in [0.25, 0.3) is 0 Å². The van der Waals surface area contributed by atoms with Crippen molar-refractivity contribution in [3.8, 4) is 0 Å². The highest BCUT2D eigenvalue weighted by molar-refractivity contribution is 7.97. The van der Waals surface area contributed by atoms with E-state index >= 15 is 0 Å². The summed E-state index contributed by atoms with van der Waals surface area (Å²) in [5.74, 6) is 1.02. The first kappa shape index (κ1) is 21.5. The third kappa shape index (κ3) is 4.99. The van der Waals surface area contributed by atoms with E-state index in [1.807, 2.05) is 18.0 Å². The second kappa shape index (κ2) is 10.0. The van der Waals surface area contributed by atoms with E-state index in [4.69, 9.17) is 4.52 Å². The predicted octanol–water partition coefficient (Wildman–Crippen LogP) is 5.62. The van der Waals surface area contributed by atoms with Crippen LogP contribution in [0.15, 0.2) is 59.4 Å². The molecule has 0 spiro atoms. The first-order valence-electron chi connectivity index (χ1n) is 11.5. The van der Waals surface area contributed by atoms with Gasteiger partial charge in [0.2, 0.25) is 6.39 Å². The van der Waals surface area contributed by atoms with Crippen molar-refractivity contribution >= 4 is 17.6 Å². The Morgan fingerprint density at radius 3 is 2.62 bits per heavy atom. The lowest BCUT2D eigenvalue weighted by molar-refractivity contribution is 0.393. The Kier molecular flexibility index (Phi) is 6.74. The topological polar surface area (TPSA) is 45.4 Å². The van der Waals surface area contributed by atoms with Gasteiger partial charge < -0.3 is 9.42 Å². The molecule has 0 saturated carbocycles. The molecule has 2 aromatic carbocycles. The van der Waals surface area contributed by atoms with Crippen molar-refractivity contribution < 1.29 is 8.91 Å². The van der Waals surface area contributed by atoms with Gasteiger partial charge in [-0.3, -0.25) is 0 Å². The van der Waals surface area contributed by atoms with Gasteiger partial charge in [0.25, 0.3) is 0 Å². The standard InChI is InChI=1S/C25H29FN4OS/c26-23-17-22(29-14-10-21(11-15-29)25-27-18-31-28-25)9-8-19(23)12-16-30-13-4-7-24(32-30)20-5-2-1-3-6-20/h1-3,5-6,8-9,17-18,21,24H,4,7,10-16H2. The summed E-state index contributed by atoms with van der Waals surface area (Å²) in [5, 5.41) is 4.48. The molecule has 2 aliphatic heterocycles. The average Bonchev–Trinajstić information content (AvgIpc) is 3.39. The maximum atomic E-state index is 14.9. The minimum absolute atomic E-state index is 0.0931. The van der Waals surface area contributed by atoms with Crippen molar-refractivity contribution in [2.45, 2.75) is 43.3 Å². The highest BCUT2D eigenvalue weighted by Crippen LogP contribution is 2.39. The van der Waals surface area contributed by atoms with Crippen molar-refractivity contribution in [3.63, 3.8) is 0 Å². The van der Waals surface area contributed by atoms with E-state index in [1.165, 1.54) is 24.8 Å². The summed E-state index contributed by atoms with van der Waals surface area (Å²) in [6, 6.07) is 16.5. The van der Waals surface area contributed by atoms with Gasteiger partial charge in [-0.05, 0) is 55.4 Å². The van der Waals surface area contributed by atoms with Crippen LogP contribution < -0.4 is 4.90 Å². The molecular weight excluding hydrogens is 423 g/mol. The lowest BCUT2D eigenvalue weighted by atomic mass is 9.95. The fourth-order valence-electron chi connectivity index (χ4n) is 4.73. The Hall–Kier alpha value is -2.38. The molecule has 5 rings (SSSR count). The smallest absolute Gasteiger partial charge is 0.213 e. The summed E-state index contributed by atoms with van der Waals surface area (Å²) in [7, 11) is 0. The van der Waals surface area contributed by atoms with Crippen LogP contribution in [0.1, 0.15) is 53.8 Å². The highest BCUT2D eigenvalue weighted by atomic mass is 32.2. The molecular formula is C25H29FN4OS. The molecule has 2 saturated heterocycles. The average molecular weight is 453 g/mol. The van der Waals surface area contributed by atoms with Gasteiger partial charge in [-0.2, -0.15) is 4.98 Å². The van der Waals surface area contributed by atoms with Gasteiger partial charge in [0.05, 0.1) is 0 Å². The van der Waals surface area contributed by atoms with Crippen LogP contribution >= 0.6 is 11.9 Å². The number of hydrogen-bond donors (Lipinski definition) is 0. The Bertz CT molecular complexity index is 992. The van der Waals surface area contributed by atoms with E-state index in [0.29, 0.717) is 11.2 Å².